The average Bonchev–Trinajstić information content (AvgIpc) is 2.75. The van der Waals surface area contributed by atoms with Crippen molar-refractivity contribution < 1.29 is 23.1 Å². The number of carboxylic acids is 1. The summed E-state index contributed by atoms with van der Waals surface area (Å²) in [6.45, 7) is 3.73. The molecule has 1 aliphatic heterocycles. The van der Waals surface area contributed by atoms with E-state index in [1.165, 1.54) is 0 Å². The number of hydrogen-bond acceptors (Lipinski definition) is 4. The van der Waals surface area contributed by atoms with Crippen molar-refractivity contribution >= 4 is 15.8 Å². The molecule has 6 heteroatoms. The zero-order valence-corrected chi connectivity index (χ0v) is 13.0. The highest BCUT2D eigenvalue weighted by Crippen LogP contribution is 2.42. The summed E-state index contributed by atoms with van der Waals surface area (Å²) >= 11 is 0. The SMILES string of the molecule is CC(C)C(C(=O)O)S(=O)(=O)C1CCOC2(CCCC2)C1. The highest BCUT2D eigenvalue weighted by atomic mass is 32.2. The normalized spacial score (nSPS) is 27.9. The summed E-state index contributed by atoms with van der Waals surface area (Å²) in [5, 5.41) is 7.38. The van der Waals surface area contributed by atoms with Crippen LogP contribution in [0.5, 0.6) is 0 Å². The van der Waals surface area contributed by atoms with Gasteiger partial charge in [-0.05, 0) is 31.6 Å². The molecule has 0 amide bonds. The van der Waals surface area contributed by atoms with Crippen LogP contribution in [0.1, 0.15) is 52.4 Å². The fourth-order valence-electron chi connectivity index (χ4n) is 3.64. The van der Waals surface area contributed by atoms with Crippen molar-refractivity contribution in [3.63, 3.8) is 0 Å². The Morgan fingerprint density at radius 3 is 2.40 bits per heavy atom. The topological polar surface area (TPSA) is 80.7 Å². The third kappa shape index (κ3) is 2.86. The number of hydrogen-bond donors (Lipinski definition) is 1. The summed E-state index contributed by atoms with van der Waals surface area (Å²) < 4.78 is 31.2. The number of ether oxygens (including phenoxy) is 1. The van der Waals surface area contributed by atoms with Crippen LogP contribution >= 0.6 is 0 Å². The highest BCUT2D eigenvalue weighted by Gasteiger charge is 2.48. The Bertz CT molecular complexity index is 462. The molecule has 2 fully saturated rings. The Morgan fingerprint density at radius 2 is 1.90 bits per heavy atom. The zero-order valence-electron chi connectivity index (χ0n) is 12.2. The molecule has 2 atom stereocenters. The monoisotopic (exact) mass is 304 g/mol. The summed E-state index contributed by atoms with van der Waals surface area (Å²) in [5.74, 6) is -1.65. The summed E-state index contributed by atoms with van der Waals surface area (Å²) in [4.78, 5) is 11.3. The fourth-order valence-corrected chi connectivity index (χ4v) is 6.06. The van der Waals surface area contributed by atoms with E-state index in [9.17, 15) is 18.3 Å². The molecular weight excluding hydrogens is 280 g/mol. The van der Waals surface area contributed by atoms with Crippen molar-refractivity contribution in [3.8, 4) is 0 Å². The Labute approximate surface area is 120 Å². The third-order valence-electron chi connectivity index (χ3n) is 4.63. The van der Waals surface area contributed by atoms with Gasteiger partial charge in [-0.1, -0.05) is 26.7 Å². The van der Waals surface area contributed by atoms with Gasteiger partial charge in [0, 0.05) is 6.61 Å². The maximum Gasteiger partial charge on any atom is 0.322 e. The van der Waals surface area contributed by atoms with E-state index in [-0.39, 0.29) is 5.60 Å². The van der Waals surface area contributed by atoms with Crippen LogP contribution in [-0.2, 0) is 19.4 Å². The van der Waals surface area contributed by atoms with Gasteiger partial charge in [-0.25, -0.2) is 8.42 Å². The smallest absolute Gasteiger partial charge is 0.322 e. The quantitative estimate of drug-likeness (QED) is 0.859. The lowest BCUT2D eigenvalue weighted by Gasteiger charge is -2.39. The molecule has 1 heterocycles. The average molecular weight is 304 g/mol. The van der Waals surface area contributed by atoms with Crippen LogP contribution < -0.4 is 0 Å². The Balaban J connectivity index is 2.22. The van der Waals surface area contributed by atoms with Gasteiger partial charge in [-0.15, -0.1) is 0 Å². The fraction of sp³-hybridized carbons (Fsp3) is 0.929. The molecule has 5 nitrogen and oxygen atoms in total. The molecule has 1 saturated heterocycles. The number of carbonyl (C=O) groups is 1. The molecule has 0 aromatic heterocycles. The van der Waals surface area contributed by atoms with E-state index in [2.05, 4.69) is 0 Å². The van der Waals surface area contributed by atoms with Crippen molar-refractivity contribution in [2.24, 2.45) is 5.92 Å². The first kappa shape index (κ1) is 15.8. The predicted molar refractivity (Wildman–Crippen MR) is 75.4 cm³/mol. The lowest BCUT2D eigenvalue weighted by atomic mass is 9.92. The minimum absolute atomic E-state index is 0.310. The first-order chi connectivity index (χ1) is 9.28. The standard InChI is InChI=1S/C14H24O5S/c1-10(2)12(13(15)16)20(17,18)11-5-8-19-14(9-11)6-3-4-7-14/h10-12H,3-9H2,1-2H3,(H,15,16). The molecular formula is C14H24O5S. The van der Waals surface area contributed by atoms with Crippen LogP contribution in [0.3, 0.4) is 0 Å². The Kier molecular flexibility index (Phi) is 4.44. The van der Waals surface area contributed by atoms with Gasteiger partial charge in [-0.3, -0.25) is 4.79 Å². The molecule has 0 aromatic carbocycles. The number of aliphatic carboxylic acids is 1. The molecule has 1 spiro atoms. The van der Waals surface area contributed by atoms with E-state index in [1.54, 1.807) is 13.8 Å². The van der Waals surface area contributed by atoms with Crippen LogP contribution in [-0.4, -0.2) is 42.2 Å². The minimum atomic E-state index is -3.67. The molecule has 2 unspecified atom stereocenters. The van der Waals surface area contributed by atoms with Gasteiger partial charge in [0.05, 0.1) is 10.9 Å². The van der Waals surface area contributed by atoms with Gasteiger partial charge >= 0.3 is 5.97 Å². The second kappa shape index (κ2) is 5.64. The van der Waals surface area contributed by atoms with Gasteiger partial charge in [0.25, 0.3) is 0 Å². The number of carboxylic acid groups (broad SMARTS) is 1. The zero-order chi connectivity index (χ0) is 15.0. The number of rotatable bonds is 4. The van der Waals surface area contributed by atoms with E-state index in [1.807, 2.05) is 0 Å². The summed E-state index contributed by atoms with van der Waals surface area (Å²) in [6, 6.07) is 0. The molecule has 1 saturated carbocycles. The first-order valence-electron chi connectivity index (χ1n) is 7.38. The lowest BCUT2D eigenvalue weighted by Crippen LogP contribution is -2.48. The van der Waals surface area contributed by atoms with E-state index in [0.29, 0.717) is 19.4 Å². The van der Waals surface area contributed by atoms with Crippen LogP contribution in [0, 0.1) is 5.92 Å². The maximum atomic E-state index is 12.7. The predicted octanol–water partition coefficient (Wildman–Crippen LogP) is 2.00. The molecule has 116 valence electrons. The van der Waals surface area contributed by atoms with Crippen LogP contribution in [0.2, 0.25) is 0 Å². The van der Waals surface area contributed by atoms with Gasteiger partial charge in [-0.2, -0.15) is 0 Å². The molecule has 20 heavy (non-hydrogen) atoms. The molecule has 2 rings (SSSR count). The highest BCUT2D eigenvalue weighted by molar-refractivity contribution is 7.93. The van der Waals surface area contributed by atoms with Crippen molar-refractivity contribution in [1.29, 1.82) is 0 Å². The van der Waals surface area contributed by atoms with Gasteiger partial charge < -0.3 is 9.84 Å². The first-order valence-corrected chi connectivity index (χ1v) is 8.99. The van der Waals surface area contributed by atoms with Crippen molar-refractivity contribution in [2.45, 2.75) is 68.5 Å². The van der Waals surface area contributed by atoms with Crippen LogP contribution in [0.4, 0.5) is 0 Å². The summed E-state index contributed by atoms with van der Waals surface area (Å²) in [7, 11) is -3.67. The van der Waals surface area contributed by atoms with Gasteiger partial charge in [0.15, 0.2) is 15.1 Å². The van der Waals surface area contributed by atoms with Crippen LogP contribution in [0.15, 0.2) is 0 Å². The van der Waals surface area contributed by atoms with Crippen molar-refractivity contribution in [2.75, 3.05) is 6.61 Å². The second-order valence-corrected chi connectivity index (χ2v) is 8.80. The van der Waals surface area contributed by atoms with Crippen molar-refractivity contribution in [1.82, 2.24) is 0 Å². The Morgan fingerprint density at radius 1 is 1.30 bits per heavy atom. The number of sulfone groups is 1. The van der Waals surface area contributed by atoms with E-state index in [0.717, 1.165) is 25.7 Å². The summed E-state index contributed by atoms with van der Waals surface area (Å²) in [6.07, 6.45) is 4.82. The van der Waals surface area contributed by atoms with Crippen LogP contribution in [0.25, 0.3) is 0 Å². The van der Waals surface area contributed by atoms with Gasteiger partial charge in [0.1, 0.15) is 0 Å². The van der Waals surface area contributed by atoms with E-state index >= 15 is 0 Å². The minimum Gasteiger partial charge on any atom is -0.480 e. The molecule has 0 bridgehead atoms. The summed E-state index contributed by atoms with van der Waals surface area (Å²) in [5.41, 5.74) is -0.310. The van der Waals surface area contributed by atoms with E-state index in [4.69, 9.17) is 4.74 Å². The largest absolute Gasteiger partial charge is 0.480 e. The maximum absolute atomic E-state index is 12.7. The molecule has 1 N–H and O–H groups in total. The van der Waals surface area contributed by atoms with E-state index < -0.39 is 32.2 Å². The molecule has 1 aliphatic carbocycles. The van der Waals surface area contributed by atoms with Crippen molar-refractivity contribution in [3.05, 3.63) is 0 Å². The second-order valence-electron chi connectivity index (χ2n) is 6.45. The molecule has 0 radical (unpaired) electrons. The third-order valence-corrected chi connectivity index (χ3v) is 7.42. The Hall–Kier alpha value is -0.620. The van der Waals surface area contributed by atoms with Gasteiger partial charge in [0.2, 0.25) is 0 Å². The molecule has 2 aliphatic rings. The lowest BCUT2D eigenvalue weighted by molar-refractivity contribution is -0.137. The molecule has 0 aromatic rings.